The number of carbonyl (C=O) groups excluding carboxylic acids is 1. The Morgan fingerprint density at radius 3 is 2.71 bits per heavy atom. The molecule has 0 atom stereocenters. The molecule has 0 unspecified atom stereocenters. The first-order chi connectivity index (χ1) is 16.6. The normalized spacial score (nSPS) is 16.7. The average molecular weight is 455 g/mol. The second-order valence-electron chi connectivity index (χ2n) is 9.05. The molecular formula is C25H26N8O. The SMILES string of the molecule is CN1CCN(c2cc(C(=O)Nc3cc4nc(-c5cnn(C6CC6)c5)ccc4cn3)ccn2)CC1. The zero-order valence-electron chi connectivity index (χ0n) is 19.1. The van der Waals surface area contributed by atoms with E-state index in [1.807, 2.05) is 35.1 Å². The van der Waals surface area contributed by atoms with Crippen molar-refractivity contribution >= 4 is 28.4 Å². The molecule has 1 aliphatic heterocycles. The molecule has 9 nitrogen and oxygen atoms in total. The predicted octanol–water partition coefficient (Wildman–Crippen LogP) is 3.23. The second-order valence-corrected chi connectivity index (χ2v) is 9.05. The molecule has 1 saturated carbocycles. The molecule has 5 heterocycles. The summed E-state index contributed by atoms with van der Waals surface area (Å²) in [6.45, 7) is 3.76. The van der Waals surface area contributed by atoms with Gasteiger partial charge in [-0.2, -0.15) is 5.10 Å². The van der Waals surface area contributed by atoms with E-state index in [4.69, 9.17) is 4.98 Å². The van der Waals surface area contributed by atoms with Gasteiger partial charge in [-0.1, -0.05) is 0 Å². The van der Waals surface area contributed by atoms with Gasteiger partial charge in [0.25, 0.3) is 5.91 Å². The van der Waals surface area contributed by atoms with Crippen LogP contribution >= 0.6 is 0 Å². The Labute approximate surface area is 197 Å². The number of pyridine rings is 3. The van der Waals surface area contributed by atoms with Crippen molar-refractivity contribution in [3.8, 4) is 11.3 Å². The van der Waals surface area contributed by atoms with Crippen molar-refractivity contribution in [2.24, 2.45) is 0 Å². The maximum atomic E-state index is 13.0. The van der Waals surface area contributed by atoms with Crippen LogP contribution in [0.25, 0.3) is 22.2 Å². The van der Waals surface area contributed by atoms with Crippen LogP contribution in [0.4, 0.5) is 11.6 Å². The average Bonchev–Trinajstić information content (AvgIpc) is 3.60. The second kappa shape index (κ2) is 8.49. The van der Waals surface area contributed by atoms with Gasteiger partial charge in [-0.3, -0.25) is 9.48 Å². The van der Waals surface area contributed by atoms with Crippen molar-refractivity contribution in [3.63, 3.8) is 0 Å². The number of likely N-dealkylation sites (N-methyl/N-ethyl adjacent to an activating group) is 1. The van der Waals surface area contributed by atoms with Crippen molar-refractivity contribution in [1.82, 2.24) is 29.6 Å². The van der Waals surface area contributed by atoms with E-state index in [9.17, 15) is 4.79 Å². The molecule has 172 valence electrons. The van der Waals surface area contributed by atoms with E-state index in [2.05, 4.69) is 43.4 Å². The fraction of sp³-hybridized carbons (Fsp3) is 0.320. The molecule has 0 bridgehead atoms. The maximum absolute atomic E-state index is 13.0. The summed E-state index contributed by atoms with van der Waals surface area (Å²) in [5, 5.41) is 8.29. The summed E-state index contributed by atoms with van der Waals surface area (Å²) in [6, 6.07) is 9.89. The summed E-state index contributed by atoms with van der Waals surface area (Å²) in [4.78, 5) is 31.1. The van der Waals surface area contributed by atoms with Crippen LogP contribution < -0.4 is 10.2 Å². The fourth-order valence-corrected chi connectivity index (χ4v) is 4.21. The van der Waals surface area contributed by atoms with Gasteiger partial charge in [-0.25, -0.2) is 15.0 Å². The lowest BCUT2D eigenvalue weighted by atomic mass is 10.2. The van der Waals surface area contributed by atoms with Gasteiger partial charge >= 0.3 is 0 Å². The number of carbonyl (C=O) groups is 1. The minimum atomic E-state index is -0.216. The lowest BCUT2D eigenvalue weighted by Crippen LogP contribution is -2.44. The first-order valence-corrected chi connectivity index (χ1v) is 11.6. The molecule has 0 aromatic carbocycles. The van der Waals surface area contributed by atoms with Crippen LogP contribution in [-0.2, 0) is 0 Å². The number of amides is 1. The van der Waals surface area contributed by atoms with E-state index >= 15 is 0 Å². The van der Waals surface area contributed by atoms with Gasteiger partial charge in [0.1, 0.15) is 11.6 Å². The van der Waals surface area contributed by atoms with E-state index in [-0.39, 0.29) is 5.91 Å². The van der Waals surface area contributed by atoms with Crippen LogP contribution in [0, 0.1) is 0 Å². The molecule has 2 fully saturated rings. The quantitative estimate of drug-likeness (QED) is 0.495. The summed E-state index contributed by atoms with van der Waals surface area (Å²) in [5.74, 6) is 1.07. The third-order valence-electron chi connectivity index (χ3n) is 6.47. The van der Waals surface area contributed by atoms with Crippen molar-refractivity contribution < 1.29 is 4.79 Å². The maximum Gasteiger partial charge on any atom is 0.257 e. The predicted molar refractivity (Wildman–Crippen MR) is 131 cm³/mol. The number of rotatable bonds is 5. The third kappa shape index (κ3) is 4.22. The van der Waals surface area contributed by atoms with Crippen LogP contribution in [0.1, 0.15) is 29.2 Å². The van der Waals surface area contributed by atoms with Crippen molar-refractivity contribution in [2.45, 2.75) is 18.9 Å². The molecule has 4 aromatic heterocycles. The molecule has 0 spiro atoms. The standard InChI is InChI=1S/C25H26N8O/c1-31-8-10-32(11-9-31)24-12-17(6-7-26-24)25(34)30-23-13-22-18(14-27-23)2-5-21(29-22)19-15-28-33(16-19)20-3-4-20/h2,5-7,12-16,20H,3-4,8-11H2,1H3,(H,27,30,34). The highest BCUT2D eigenvalue weighted by atomic mass is 16.1. The summed E-state index contributed by atoms with van der Waals surface area (Å²) in [6.07, 6.45) is 9.71. The Hall–Kier alpha value is -3.85. The van der Waals surface area contributed by atoms with Crippen molar-refractivity contribution in [1.29, 1.82) is 0 Å². The summed E-state index contributed by atoms with van der Waals surface area (Å²) in [7, 11) is 2.12. The lowest BCUT2D eigenvalue weighted by Gasteiger charge is -2.33. The number of hydrogen-bond acceptors (Lipinski definition) is 7. The Morgan fingerprint density at radius 2 is 1.88 bits per heavy atom. The number of hydrogen-bond donors (Lipinski definition) is 1. The first-order valence-electron chi connectivity index (χ1n) is 11.6. The van der Waals surface area contributed by atoms with E-state index in [0.29, 0.717) is 17.4 Å². The van der Waals surface area contributed by atoms with Gasteiger partial charge in [0.15, 0.2) is 0 Å². The number of fused-ring (bicyclic) bond motifs is 1. The highest BCUT2D eigenvalue weighted by Crippen LogP contribution is 2.35. The number of piperazine rings is 1. The van der Waals surface area contributed by atoms with E-state index < -0.39 is 0 Å². The van der Waals surface area contributed by atoms with Crippen LogP contribution in [0.5, 0.6) is 0 Å². The van der Waals surface area contributed by atoms with Crippen molar-refractivity contribution in [2.75, 3.05) is 43.4 Å². The van der Waals surface area contributed by atoms with E-state index in [1.165, 1.54) is 12.8 Å². The zero-order valence-corrected chi connectivity index (χ0v) is 19.1. The first kappa shape index (κ1) is 20.7. The molecule has 1 N–H and O–H groups in total. The van der Waals surface area contributed by atoms with Crippen LogP contribution in [0.2, 0.25) is 0 Å². The number of nitrogens with one attached hydrogen (secondary N) is 1. The summed E-state index contributed by atoms with van der Waals surface area (Å²) in [5.41, 5.74) is 3.17. The Balaban J connectivity index is 1.21. The van der Waals surface area contributed by atoms with Gasteiger partial charge in [-0.05, 0) is 44.2 Å². The van der Waals surface area contributed by atoms with Gasteiger partial charge < -0.3 is 15.1 Å². The van der Waals surface area contributed by atoms with E-state index in [0.717, 1.165) is 54.2 Å². The van der Waals surface area contributed by atoms with Gasteiger partial charge in [-0.15, -0.1) is 0 Å². The molecule has 0 radical (unpaired) electrons. The van der Waals surface area contributed by atoms with Gasteiger partial charge in [0.2, 0.25) is 0 Å². The number of aromatic nitrogens is 5. The van der Waals surface area contributed by atoms with E-state index in [1.54, 1.807) is 18.5 Å². The zero-order chi connectivity index (χ0) is 23.1. The van der Waals surface area contributed by atoms with Gasteiger partial charge in [0.05, 0.1) is 23.4 Å². The van der Waals surface area contributed by atoms with Crippen LogP contribution in [-0.4, -0.2) is 68.8 Å². The minimum Gasteiger partial charge on any atom is -0.354 e. The summed E-state index contributed by atoms with van der Waals surface area (Å²) >= 11 is 0. The Kier molecular flexibility index (Phi) is 5.18. The van der Waals surface area contributed by atoms with Crippen molar-refractivity contribution in [3.05, 3.63) is 60.7 Å². The Morgan fingerprint density at radius 1 is 1.03 bits per heavy atom. The molecule has 1 aliphatic carbocycles. The number of nitrogens with zero attached hydrogens (tertiary/aromatic N) is 7. The monoisotopic (exact) mass is 454 g/mol. The lowest BCUT2D eigenvalue weighted by molar-refractivity contribution is 0.102. The molecule has 4 aromatic rings. The van der Waals surface area contributed by atoms with Crippen LogP contribution in [0.3, 0.4) is 0 Å². The topological polar surface area (TPSA) is 92.1 Å². The molecule has 34 heavy (non-hydrogen) atoms. The third-order valence-corrected chi connectivity index (χ3v) is 6.47. The number of anilines is 2. The fourth-order valence-electron chi connectivity index (χ4n) is 4.21. The Bertz CT molecular complexity index is 1350. The molecule has 9 heteroatoms. The summed E-state index contributed by atoms with van der Waals surface area (Å²) < 4.78 is 2.02. The largest absolute Gasteiger partial charge is 0.354 e. The molecule has 1 saturated heterocycles. The highest BCUT2D eigenvalue weighted by Gasteiger charge is 2.24. The van der Waals surface area contributed by atoms with Gasteiger partial charge in [0, 0.05) is 67.3 Å². The molecule has 6 rings (SSSR count). The minimum absolute atomic E-state index is 0.216. The molecule has 2 aliphatic rings. The smallest absolute Gasteiger partial charge is 0.257 e. The molecular weight excluding hydrogens is 428 g/mol. The molecule has 1 amide bonds. The van der Waals surface area contributed by atoms with Crippen LogP contribution in [0.15, 0.2) is 55.1 Å². The highest BCUT2D eigenvalue weighted by molar-refractivity contribution is 6.04.